The largest absolute Gasteiger partial charge is 0.340 e. The summed E-state index contributed by atoms with van der Waals surface area (Å²) in [5.41, 5.74) is 3.63. The number of halogens is 1. The molecule has 10 heteroatoms. The summed E-state index contributed by atoms with van der Waals surface area (Å²) < 4.78 is 14.6. The number of nitro groups is 1. The Hall–Kier alpha value is -4.34. The van der Waals surface area contributed by atoms with Crippen molar-refractivity contribution < 1.29 is 14.1 Å². The second kappa shape index (κ2) is 10.7. The van der Waals surface area contributed by atoms with Crippen LogP contribution in [-0.2, 0) is 6.42 Å². The minimum atomic E-state index is -0.461. The topological polar surface area (TPSA) is 110 Å². The molecule has 0 aliphatic carbocycles. The lowest BCUT2D eigenvalue weighted by atomic mass is 10.1. The number of aromatic amines is 1. The third-order valence-corrected chi connectivity index (χ3v) is 5.69. The minimum Gasteiger partial charge on any atom is -0.340 e. The predicted octanol–water partition coefficient (Wildman–Crippen LogP) is 4.79. The van der Waals surface area contributed by atoms with Crippen molar-refractivity contribution in [2.24, 2.45) is 0 Å². The number of carbonyl (C=O) groups excluding carboxylic acids is 1. The molecule has 0 spiro atoms. The number of nitrogens with one attached hydrogen (secondary N) is 1. The SMILES string of the molecule is CN(CCCCCc1cc(-c2ccc(F)cc2)n[nH]1)C(=O)c1ccn(-c2ccc([N+](=O)[O-])cc2)n1. The number of nitro benzene ring substituents is 1. The zero-order valence-corrected chi connectivity index (χ0v) is 19.2. The van der Waals surface area contributed by atoms with Gasteiger partial charge in [0.1, 0.15) is 5.82 Å². The molecule has 4 aromatic rings. The second-order valence-corrected chi connectivity index (χ2v) is 8.24. The summed E-state index contributed by atoms with van der Waals surface area (Å²) in [6.45, 7) is 0.604. The molecule has 2 aromatic heterocycles. The minimum absolute atomic E-state index is 0.00205. The number of amides is 1. The van der Waals surface area contributed by atoms with Crippen molar-refractivity contribution >= 4 is 11.6 Å². The smallest absolute Gasteiger partial charge is 0.274 e. The summed E-state index contributed by atoms with van der Waals surface area (Å²) >= 11 is 0. The quantitative estimate of drug-likeness (QED) is 0.201. The molecule has 0 aliphatic rings. The molecule has 1 amide bonds. The van der Waals surface area contributed by atoms with E-state index >= 15 is 0 Å². The van der Waals surface area contributed by atoms with Crippen LogP contribution in [0.2, 0.25) is 0 Å². The lowest BCUT2D eigenvalue weighted by molar-refractivity contribution is -0.384. The van der Waals surface area contributed by atoms with E-state index in [2.05, 4.69) is 15.3 Å². The first-order valence-corrected chi connectivity index (χ1v) is 11.3. The number of unbranched alkanes of at least 4 members (excludes halogenated alkanes) is 2. The van der Waals surface area contributed by atoms with E-state index < -0.39 is 4.92 Å². The van der Waals surface area contributed by atoms with Crippen molar-refractivity contribution in [3.63, 3.8) is 0 Å². The van der Waals surface area contributed by atoms with Crippen molar-refractivity contribution in [1.82, 2.24) is 24.9 Å². The van der Waals surface area contributed by atoms with Gasteiger partial charge in [0, 0.05) is 43.2 Å². The number of hydrogen-bond donors (Lipinski definition) is 1. The molecular weight excluding hydrogens is 451 g/mol. The highest BCUT2D eigenvalue weighted by Gasteiger charge is 2.15. The average Bonchev–Trinajstić information content (AvgIpc) is 3.54. The molecule has 9 nitrogen and oxygen atoms in total. The third kappa shape index (κ3) is 5.97. The average molecular weight is 477 g/mol. The summed E-state index contributed by atoms with van der Waals surface area (Å²) in [5, 5.41) is 22.4. The highest BCUT2D eigenvalue weighted by Crippen LogP contribution is 2.19. The van der Waals surface area contributed by atoms with Crippen LogP contribution in [-0.4, -0.2) is 49.3 Å². The van der Waals surface area contributed by atoms with Crippen LogP contribution in [0.3, 0.4) is 0 Å². The molecule has 0 atom stereocenters. The van der Waals surface area contributed by atoms with Gasteiger partial charge in [0.15, 0.2) is 5.69 Å². The van der Waals surface area contributed by atoms with E-state index in [9.17, 15) is 19.3 Å². The maximum absolute atomic E-state index is 13.1. The predicted molar refractivity (Wildman–Crippen MR) is 129 cm³/mol. The van der Waals surface area contributed by atoms with Gasteiger partial charge in [-0.15, -0.1) is 0 Å². The van der Waals surface area contributed by atoms with E-state index in [1.807, 2.05) is 6.07 Å². The first-order chi connectivity index (χ1) is 16.9. The Balaban J connectivity index is 1.21. The summed E-state index contributed by atoms with van der Waals surface area (Å²) in [7, 11) is 1.75. The third-order valence-electron chi connectivity index (χ3n) is 5.69. The zero-order valence-electron chi connectivity index (χ0n) is 19.2. The number of nitrogens with zero attached hydrogens (tertiary/aromatic N) is 5. The summed E-state index contributed by atoms with van der Waals surface area (Å²) in [6, 6.07) is 15.8. The van der Waals surface area contributed by atoms with E-state index in [-0.39, 0.29) is 17.4 Å². The molecule has 0 saturated carbocycles. The monoisotopic (exact) mass is 476 g/mol. The van der Waals surface area contributed by atoms with Crippen LogP contribution in [0.25, 0.3) is 16.9 Å². The number of benzene rings is 2. The highest BCUT2D eigenvalue weighted by molar-refractivity contribution is 5.92. The Morgan fingerprint density at radius 3 is 2.54 bits per heavy atom. The van der Waals surface area contributed by atoms with Crippen LogP contribution in [0.4, 0.5) is 10.1 Å². The van der Waals surface area contributed by atoms with Gasteiger partial charge < -0.3 is 4.90 Å². The van der Waals surface area contributed by atoms with E-state index in [4.69, 9.17) is 0 Å². The van der Waals surface area contributed by atoms with Gasteiger partial charge in [0.25, 0.3) is 11.6 Å². The standard InChI is InChI=1S/C25H25FN6O3/c1-30(25(33)23-14-16-31(29-23)21-10-12-22(13-11-21)32(34)35)15-4-2-3-5-20-17-24(28-27-20)18-6-8-19(26)9-7-18/h6-14,16-17H,2-5,15H2,1H3,(H,27,28). The lowest BCUT2D eigenvalue weighted by Crippen LogP contribution is -2.28. The number of non-ortho nitro benzene ring substituents is 1. The van der Waals surface area contributed by atoms with Crippen LogP contribution < -0.4 is 0 Å². The summed E-state index contributed by atoms with van der Waals surface area (Å²) in [6.07, 6.45) is 5.24. The van der Waals surface area contributed by atoms with E-state index in [1.165, 1.54) is 28.9 Å². The number of aryl methyl sites for hydroxylation is 1. The molecule has 0 bridgehead atoms. The van der Waals surface area contributed by atoms with Gasteiger partial charge in [-0.1, -0.05) is 6.42 Å². The Labute approximate surface area is 201 Å². The van der Waals surface area contributed by atoms with Crippen LogP contribution in [0.15, 0.2) is 66.9 Å². The highest BCUT2D eigenvalue weighted by atomic mass is 19.1. The van der Waals surface area contributed by atoms with Crippen LogP contribution in [0.1, 0.15) is 35.4 Å². The molecule has 0 aliphatic heterocycles. The van der Waals surface area contributed by atoms with Gasteiger partial charge in [-0.05, 0) is 67.8 Å². The number of H-pyrrole nitrogens is 1. The second-order valence-electron chi connectivity index (χ2n) is 8.24. The number of rotatable bonds is 10. The Morgan fingerprint density at radius 2 is 1.83 bits per heavy atom. The molecule has 35 heavy (non-hydrogen) atoms. The molecule has 0 fully saturated rings. The number of aromatic nitrogens is 4. The first kappa shape index (κ1) is 23.8. The van der Waals surface area contributed by atoms with E-state index in [0.717, 1.165) is 42.6 Å². The first-order valence-electron chi connectivity index (χ1n) is 11.3. The van der Waals surface area contributed by atoms with E-state index in [0.29, 0.717) is 17.9 Å². The van der Waals surface area contributed by atoms with Crippen molar-refractivity contribution in [3.05, 3.63) is 94.2 Å². The van der Waals surface area contributed by atoms with Crippen LogP contribution in [0.5, 0.6) is 0 Å². The molecule has 0 unspecified atom stereocenters. The maximum Gasteiger partial charge on any atom is 0.274 e. The number of hydrogen-bond acceptors (Lipinski definition) is 5. The van der Waals surface area contributed by atoms with Crippen LogP contribution in [0, 0.1) is 15.9 Å². The van der Waals surface area contributed by atoms with Crippen molar-refractivity contribution in [2.45, 2.75) is 25.7 Å². The zero-order chi connectivity index (χ0) is 24.8. The molecule has 1 N–H and O–H groups in total. The van der Waals surface area contributed by atoms with E-state index in [1.54, 1.807) is 48.5 Å². The van der Waals surface area contributed by atoms with Crippen molar-refractivity contribution in [1.29, 1.82) is 0 Å². The molecule has 4 rings (SSSR count). The van der Waals surface area contributed by atoms with Crippen LogP contribution >= 0.6 is 0 Å². The van der Waals surface area contributed by atoms with Gasteiger partial charge >= 0.3 is 0 Å². The molecule has 0 saturated heterocycles. The number of carbonyl (C=O) groups is 1. The maximum atomic E-state index is 13.1. The molecule has 2 heterocycles. The molecule has 0 radical (unpaired) electrons. The van der Waals surface area contributed by atoms with Crippen molar-refractivity contribution in [3.8, 4) is 16.9 Å². The lowest BCUT2D eigenvalue weighted by Gasteiger charge is -2.15. The normalized spacial score (nSPS) is 10.9. The molecule has 180 valence electrons. The Morgan fingerprint density at radius 1 is 1.09 bits per heavy atom. The summed E-state index contributed by atoms with van der Waals surface area (Å²) in [4.78, 5) is 24.7. The van der Waals surface area contributed by atoms with Gasteiger partial charge in [-0.2, -0.15) is 10.2 Å². The van der Waals surface area contributed by atoms with Gasteiger partial charge in [0.2, 0.25) is 0 Å². The van der Waals surface area contributed by atoms with Gasteiger partial charge in [0.05, 0.1) is 16.3 Å². The molecular formula is C25H25FN6O3. The fraction of sp³-hybridized carbons (Fsp3) is 0.240. The Kier molecular flexibility index (Phi) is 7.30. The fourth-order valence-electron chi connectivity index (χ4n) is 3.71. The fourth-order valence-corrected chi connectivity index (χ4v) is 3.71. The van der Waals surface area contributed by atoms with Gasteiger partial charge in [-0.25, -0.2) is 9.07 Å². The van der Waals surface area contributed by atoms with Crippen molar-refractivity contribution in [2.75, 3.05) is 13.6 Å². The Bertz CT molecular complexity index is 1300. The van der Waals surface area contributed by atoms with Gasteiger partial charge in [-0.3, -0.25) is 20.0 Å². The summed E-state index contributed by atoms with van der Waals surface area (Å²) in [5.74, 6) is -0.450. The molecule has 2 aromatic carbocycles.